The summed E-state index contributed by atoms with van der Waals surface area (Å²) >= 11 is 0. The number of rotatable bonds is 11. The van der Waals surface area contributed by atoms with E-state index >= 15 is 0 Å². The molecule has 29 heavy (non-hydrogen) atoms. The van der Waals surface area contributed by atoms with Crippen LogP contribution in [0.5, 0.6) is 5.75 Å². The summed E-state index contributed by atoms with van der Waals surface area (Å²) in [6.07, 6.45) is 10.4. The van der Waals surface area contributed by atoms with Crippen molar-refractivity contribution in [3.8, 4) is 5.75 Å². The number of unbranched alkanes of at least 4 members (excludes halogenated alkanes) is 6. The lowest BCUT2D eigenvalue weighted by Gasteiger charge is -2.48. The Bertz CT molecular complexity index is 733. The summed E-state index contributed by atoms with van der Waals surface area (Å²) in [4.78, 5) is 27.7. The second-order valence-corrected chi connectivity index (χ2v) is 7.89. The first-order valence-corrected chi connectivity index (χ1v) is 11.2. The molecule has 0 aromatic carbocycles. The second kappa shape index (κ2) is 10.7. The Balaban J connectivity index is 1.86. The van der Waals surface area contributed by atoms with Gasteiger partial charge < -0.3 is 14.4 Å². The molecule has 0 saturated carbocycles. The lowest BCUT2D eigenvalue weighted by molar-refractivity contribution is -0.0173. The molecular formula is C22H35N3O4. The molecule has 0 unspecified atom stereocenters. The van der Waals surface area contributed by atoms with Gasteiger partial charge in [0.25, 0.3) is 5.91 Å². The molecule has 0 N–H and O–H groups in total. The van der Waals surface area contributed by atoms with Gasteiger partial charge in [-0.1, -0.05) is 52.4 Å². The maximum atomic E-state index is 13.3. The fourth-order valence-electron chi connectivity index (χ4n) is 4.07. The smallest absolute Gasteiger partial charge is 0.278 e. The van der Waals surface area contributed by atoms with E-state index in [1.165, 1.54) is 18.9 Å². The molecule has 1 aromatic heterocycles. The Morgan fingerprint density at radius 3 is 2.59 bits per heavy atom. The van der Waals surface area contributed by atoms with Crippen molar-refractivity contribution in [3.05, 3.63) is 28.2 Å². The third-order valence-corrected chi connectivity index (χ3v) is 5.71. The molecule has 2 aliphatic heterocycles. The molecule has 162 valence electrons. The van der Waals surface area contributed by atoms with E-state index in [1.54, 1.807) is 6.20 Å². The summed E-state index contributed by atoms with van der Waals surface area (Å²) in [6.45, 7) is 7.17. The van der Waals surface area contributed by atoms with Crippen LogP contribution in [0.3, 0.4) is 0 Å². The highest BCUT2D eigenvalue weighted by Gasteiger charge is 2.41. The van der Waals surface area contributed by atoms with Crippen molar-refractivity contribution in [1.82, 2.24) is 9.58 Å². The Kier molecular flexibility index (Phi) is 7.98. The van der Waals surface area contributed by atoms with E-state index in [-0.39, 0.29) is 23.3 Å². The summed E-state index contributed by atoms with van der Waals surface area (Å²) in [5, 5.41) is 2.16. The van der Waals surface area contributed by atoms with E-state index in [0.29, 0.717) is 32.1 Å². The van der Waals surface area contributed by atoms with E-state index in [9.17, 15) is 9.59 Å². The first kappa shape index (κ1) is 21.7. The van der Waals surface area contributed by atoms with Gasteiger partial charge in [-0.05, 0) is 12.8 Å². The molecule has 2 aliphatic rings. The molecule has 0 bridgehead atoms. The molecule has 7 nitrogen and oxygen atoms in total. The minimum atomic E-state index is -0.224. The van der Waals surface area contributed by atoms with Crippen LogP contribution < -0.4 is 15.2 Å². The van der Waals surface area contributed by atoms with Gasteiger partial charge >= 0.3 is 0 Å². The van der Waals surface area contributed by atoms with Crippen LogP contribution in [0.1, 0.15) is 75.7 Å². The highest BCUT2D eigenvalue weighted by Crippen LogP contribution is 2.26. The number of amides is 1. The third-order valence-electron chi connectivity index (χ3n) is 5.71. The fraction of sp³-hybridized carbons (Fsp3) is 0.727. The van der Waals surface area contributed by atoms with Crippen molar-refractivity contribution in [1.29, 1.82) is 0 Å². The molecule has 1 amide bonds. The van der Waals surface area contributed by atoms with Crippen LogP contribution in [0.4, 0.5) is 0 Å². The molecule has 1 aromatic rings. The van der Waals surface area contributed by atoms with Gasteiger partial charge in [-0.25, -0.2) is 0 Å². The fourth-order valence-corrected chi connectivity index (χ4v) is 4.07. The zero-order chi connectivity index (χ0) is 20.6. The van der Waals surface area contributed by atoms with Gasteiger partial charge in [0.15, 0.2) is 11.4 Å². The summed E-state index contributed by atoms with van der Waals surface area (Å²) in [5.74, 6) is 0.0573. The lowest BCUT2D eigenvalue weighted by atomic mass is 10.1. The Labute approximate surface area is 173 Å². The van der Waals surface area contributed by atoms with E-state index in [2.05, 4.69) is 18.9 Å². The third kappa shape index (κ3) is 4.94. The van der Waals surface area contributed by atoms with Crippen LogP contribution in [-0.4, -0.2) is 54.6 Å². The average Bonchev–Trinajstić information content (AvgIpc) is 2.74. The van der Waals surface area contributed by atoms with Crippen molar-refractivity contribution in [2.45, 2.75) is 71.4 Å². The van der Waals surface area contributed by atoms with Gasteiger partial charge in [0.1, 0.15) is 6.17 Å². The topological polar surface area (TPSA) is 64.0 Å². The van der Waals surface area contributed by atoms with E-state index < -0.39 is 0 Å². The van der Waals surface area contributed by atoms with Crippen LogP contribution in [0, 0.1) is 0 Å². The number of hydrogen-bond donors (Lipinski definition) is 0. The van der Waals surface area contributed by atoms with E-state index in [1.807, 2.05) is 9.58 Å². The van der Waals surface area contributed by atoms with Crippen molar-refractivity contribution in [2.75, 3.05) is 37.9 Å². The second-order valence-electron chi connectivity index (χ2n) is 7.89. The number of carbonyl (C=O) groups is 1. The first-order chi connectivity index (χ1) is 14.2. The Morgan fingerprint density at radius 1 is 1.07 bits per heavy atom. The molecule has 3 rings (SSSR count). The number of nitrogens with zero attached hydrogens (tertiary/aromatic N) is 3. The lowest BCUT2D eigenvalue weighted by Crippen LogP contribution is -2.65. The quantitative estimate of drug-likeness (QED) is 0.529. The Morgan fingerprint density at radius 2 is 1.83 bits per heavy atom. The number of carbonyl (C=O) groups excluding carboxylic acids is 1. The number of pyridine rings is 1. The maximum Gasteiger partial charge on any atom is 0.278 e. The Hall–Kier alpha value is -2.02. The maximum absolute atomic E-state index is 13.3. The average molecular weight is 406 g/mol. The first-order valence-electron chi connectivity index (χ1n) is 11.2. The number of ether oxygens (including phenoxy) is 2. The minimum absolute atomic E-state index is 0.134. The van der Waals surface area contributed by atoms with E-state index in [4.69, 9.17) is 9.47 Å². The zero-order valence-electron chi connectivity index (χ0n) is 17.9. The molecule has 0 spiro atoms. The standard InChI is InChI=1S/C22H35N3O4/c1-3-5-7-9-12-24-19-17-28-16-14-23(19)22(27)20-21(18(26)11-13-25(20)24)29-15-10-8-6-4-2/h11,13,19H,3-10,12,14-17H2,1-2H3/t19-/m1/s1. The van der Waals surface area contributed by atoms with Crippen LogP contribution >= 0.6 is 0 Å². The monoisotopic (exact) mass is 405 g/mol. The summed E-state index contributed by atoms with van der Waals surface area (Å²) in [7, 11) is 0. The molecule has 1 saturated heterocycles. The van der Waals surface area contributed by atoms with Gasteiger partial charge in [-0.2, -0.15) is 0 Å². The van der Waals surface area contributed by atoms with Crippen LogP contribution in [-0.2, 0) is 4.74 Å². The number of aromatic nitrogens is 1. The van der Waals surface area contributed by atoms with Gasteiger partial charge in [-0.3, -0.25) is 19.3 Å². The summed E-state index contributed by atoms with van der Waals surface area (Å²) < 4.78 is 13.4. The van der Waals surface area contributed by atoms with Gasteiger partial charge in [-0.15, -0.1) is 0 Å². The molecule has 7 heteroatoms. The molecule has 3 heterocycles. The highest BCUT2D eigenvalue weighted by molar-refractivity contribution is 5.96. The molecular weight excluding hydrogens is 370 g/mol. The predicted octanol–water partition coefficient (Wildman–Crippen LogP) is 3.14. The normalized spacial score (nSPS) is 18.6. The predicted molar refractivity (Wildman–Crippen MR) is 113 cm³/mol. The molecule has 0 radical (unpaired) electrons. The SMILES string of the molecule is CCCCCCOc1c2n(ccc1=O)N(CCCCCC)[C@@H]1COCCN1C2=O. The van der Waals surface area contributed by atoms with Gasteiger partial charge in [0.2, 0.25) is 5.43 Å². The van der Waals surface area contributed by atoms with Crippen molar-refractivity contribution >= 4 is 5.91 Å². The number of fused-ring (bicyclic) bond motifs is 2. The molecule has 0 aliphatic carbocycles. The van der Waals surface area contributed by atoms with Crippen molar-refractivity contribution in [3.63, 3.8) is 0 Å². The summed E-state index contributed by atoms with van der Waals surface area (Å²) in [5.41, 5.74) is 0.138. The highest BCUT2D eigenvalue weighted by atomic mass is 16.5. The van der Waals surface area contributed by atoms with Gasteiger partial charge in [0.05, 0.1) is 19.8 Å². The largest absolute Gasteiger partial charge is 0.487 e. The van der Waals surface area contributed by atoms with E-state index in [0.717, 1.165) is 45.1 Å². The van der Waals surface area contributed by atoms with Gasteiger partial charge in [0, 0.05) is 25.4 Å². The zero-order valence-corrected chi connectivity index (χ0v) is 17.9. The number of hydrogen-bond acceptors (Lipinski definition) is 5. The van der Waals surface area contributed by atoms with Crippen LogP contribution in [0.15, 0.2) is 17.1 Å². The van der Waals surface area contributed by atoms with Crippen molar-refractivity contribution < 1.29 is 14.3 Å². The van der Waals surface area contributed by atoms with Crippen molar-refractivity contribution in [2.24, 2.45) is 0 Å². The molecule has 1 fully saturated rings. The van der Waals surface area contributed by atoms with Crippen LogP contribution in [0.25, 0.3) is 0 Å². The minimum Gasteiger partial charge on any atom is -0.487 e. The number of morpholine rings is 1. The molecule has 1 atom stereocenters. The summed E-state index contributed by atoms with van der Waals surface area (Å²) in [6, 6.07) is 1.51. The van der Waals surface area contributed by atoms with Crippen LogP contribution in [0.2, 0.25) is 0 Å².